The molecule has 0 unspecified atom stereocenters. The largest absolute Gasteiger partial charge is 0.379 e. The zero-order valence-electron chi connectivity index (χ0n) is 18.0. The van der Waals surface area contributed by atoms with Gasteiger partial charge < -0.3 is 4.74 Å². The van der Waals surface area contributed by atoms with E-state index < -0.39 is 9.84 Å². The van der Waals surface area contributed by atoms with Crippen molar-refractivity contribution in [3.05, 3.63) is 53.6 Å². The van der Waals surface area contributed by atoms with Crippen LogP contribution in [0.4, 0.5) is 5.13 Å². The standard InChI is InChI=1S/C22H25N3O4S2.ClH/c1-16-3-5-17(6-4-16)21(26)25(10-9-24-11-13-29-14-12-24)22-23-19-8-7-18(31(2,27)28)15-20(19)30-22;/h3-8,15H,9-14H2,1-2H3;1H. The van der Waals surface area contributed by atoms with Crippen LogP contribution in [0, 0.1) is 6.92 Å². The van der Waals surface area contributed by atoms with Gasteiger partial charge in [0.25, 0.3) is 5.91 Å². The quantitative estimate of drug-likeness (QED) is 0.521. The van der Waals surface area contributed by atoms with E-state index in [-0.39, 0.29) is 23.2 Å². The van der Waals surface area contributed by atoms with Crippen molar-refractivity contribution in [3.8, 4) is 0 Å². The number of carbonyl (C=O) groups excluding carboxylic acids is 1. The van der Waals surface area contributed by atoms with Crippen LogP contribution in [0.15, 0.2) is 47.4 Å². The van der Waals surface area contributed by atoms with Gasteiger partial charge in [-0.25, -0.2) is 13.4 Å². The number of hydrogen-bond acceptors (Lipinski definition) is 7. The van der Waals surface area contributed by atoms with Gasteiger partial charge >= 0.3 is 0 Å². The van der Waals surface area contributed by atoms with Gasteiger partial charge in [-0.1, -0.05) is 29.0 Å². The summed E-state index contributed by atoms with van der Waals surface area (Å²) in [6.07, 6.45) is 1.19. The third kappa shape index (κ3) is 5.65. The Balaban J connectivity index is 0.00000289. The van der Waals surface area contributed by atoms with Crippen LogP contribution in [0.3, 0.4) is 0 Å². The molecule has 0 N–H and O–H groups in total. The second kappa shape index (κ2) is 10.3. The number of thiazole rings is 1. The highest BCUT2D eigenvalue weighted by molar-refractivity contribution is 7.90. The molecule has 0 aliphatic carbocycles. The van der Waals surface area contributed by atoms with Crippen LogP contribution in [0.2, 0.25) is 0 Å². The van der Waals surface area contributed by atoms with E-state index in [4.69, 9.17) is 4.74 Å². The summed E-state index contributed by atoms with van der Waals surface area (Å²) < 4.78 is 30.0. The van der Waals surface area contributed by atoms with Gasteiger partial charge in [-0.15, -0.1) is 12.4 Å². The highest BCUT2D eigenvalue weighted by Gasteiger charge is 2.23. The molecule has 3 aromatic rings. The number of nitrogens with zero attached hydrogens (tertiary/aromatic N) is 3. The first-order chi connectivity index (χ1) is 14.8. The Labute approximate surface area is 198 Å². The molecular formula is C22H26ClN3O4S2. The lowest BCUT2D eigenvalue weighted by molar-refractivity contribution is 0.0391. The van der Waals surface area contributed by atoms with Gasteiger partial charge in [-0.05, 0) is 37.3 Å². The number of carbonyl (C=O) groups is 1. The van der Waals surface area contributed by atoms with E-state index in [1.807, 2.05) is 31.2 Å². The summed E-state index contributed by atoms with van der Waals surface area (Å²) in [7, 11) is -3.31. The first-order valence-electron chi connectivity index (χ1n) is 10.1. The average molecular weight is 496 g/mol. The Kier molecular flexibility index (Phi) is 7.89. The number of sulfone groups is 1. The van der Waals surface area contributed by atoms with E-state index in [0.29, 0.717) is 42.5 Å². The Morgan fingerprint density at radius 1 is 1.16 bits per heavy atom. The molecule has 172 valence electrons. The first-order valence-corrected chi connectivity index (χ1v) is 12.8. The summed E-state index contributed by atoms with van der Waals surface area (Å²) in [5.41, 5.74) is 2.37. The Morgan fingerprint density at radius 2 is 1.84 bits per heavy atom. The molecule has 0 atom stereocenters. The molecule has 1 aliphatic heterocycles. The van der Waals surface area contributed by atoms with Gasteiger partial charge in [0.1, 0.15) is 0 Å². The predicted octanol–water partition coefficient (Wildman–Crippen LogP) is 3.41. The van der Waals surface area contributed by atoms with Crippen LogP contribution in [0.1, 0.15) is 15.9 Å². The maximum Gasteiger partial charge on any atom is 0.260 e. The monoisotopic (exact) mass is 495 g/mol. The van der Waals surface area contributed by atoms with Crippen LogP contribution in [0.25, 0.3) is 10.2 Å². The summed E-state index contributed by atoms with van der Waals surface area (Å²) in [5, 5.41) is 0.569. The van der Waals surface area contributed by atoms with Crippen molar-refractivity contribution >= 4 is 54.8 Å². The minimum atomic E-state index is -3.31. The lowest BCUT2D eigenvalue weighted by Crippen LogP contribution is -2.43. The number of aryl methyl sites for hydroxylation is 1. The number of benzene rings is 2. The van der Waals surface area contributed by atoms with Crippen LogP contribution in [0.5, 0.6) is 0 Å². The van der Waals surface area contributed by atoms with Gasteiger partial charge in [0.15, 0.2) is 15.0 Å². The minimum Gasteiger partial charge on any atom is -0.379 e. The lowest BCUT2D eigenvalue weighted by Gasteiger charge is -2.29. The lowest BCUT2D eigenvalue weighted by atomic mass is 10.1. The average Bonchev–Trinajstić information content (AvgIpc) is 3.17. The van der Waals surface area contributed by atoms with Crippen molar-refractivity contribution in [3.63, 3.8) is 0 Å². The molecule has 1 saturated heterocycles. The number of fused-ring (bicyclic) bond motifs is 1. The number of rotatable bonds is 6. The number of aromatic nitrogens is 1. The molecular weight excluding hydrogens is 470 g/mol. The highest BCUT2D eigenvalue weighted by Crippen LogP contribution is 2.31. The van der Waals surface area contributed by atoms with E-state index in [1.165, 1.54) is 17.6 Å². The molecule has 0 bridgehead atoms. The molecule has 32 heavy (non-hydrogen) atoms. The Hall–Kier alpha value is -2.04. The topological polar surface area (TPSA) is 79.8 Å². The minimum absolute atomic E-state index is 0. The SMILES string of the molecule is Cc1ccc(C(=O)N(CCN2CCOCC2)c2nc3ccc(S(C)(=O)=O)cc3s2)cc1.Cl. The molecule has 2 heterocycles. The number of anilines is 1. The van der Waals surface area contributed by atoms with E-state index in [9.17, 15) is 13.2 Å². The van der Waals surface area contributed by atoms with Crippen molar-refractivity contribution < 1.29 is 17.9 Å². The summed E-state index contributed by atoms with van der Waals surface area (Å²) >= 11 is 1.33. The predicted molar refractivity (Wildman–Crippen MR) is 130 cm³/mol. The molecule has 0 radical (unpaired) electrons. The first kappa shape index (κ1) is 24.6. The van der Waals surface area contributed by atoms with Crippen LogP contribution in [-0.4, -0.2) is 69.9 Å². The molecule has 1 fully saturated rings. The molecule has 0 saturated carbocycles. The van der Waals surface area contributed by atoms with Crippen LogP contribution < -0.4 is 4.90 Å². The van der Waals surface area contributed by atoms with Crippen molar-refractivity contribution in [2.24, 2.45) is 0 Å². The van der Waals surface area contributed by atoms with Crippen molar-refractivity contribution in [2.45, 2.75) is 11.8 Å². The second-order valence-electron chi connectivity index (χ2n) is 7.67. The molecule has 2 aromatic carbocycles. The maximum atomic E-state index is 13.4. The molecule has 7 nitrogen and oxygen atoms in total. The maximum absolute atomic E-state index is 13.4. The summed E-state index contributed by atoms with van der Waals surface area (Å²) in [6.45, 7) is 6.26. The van der Waals surface area contributed by atoms with Gasteiger partial charge in [0, 0.05) is 38.0 Å². The number of morpholine rings is 1. The highest BCUT2D eigenvalue weighted by atomic mass is 35.5. The zero-order chi connectivity index (χ0) is 22.0. The van der Waals surface area contributed by atoms with Gasteiger partial charge in [-0.3, -0.25) is 14.6 Å². The third-order valence-corrected chi connectivity index (χ3v) is 7.45. The summed E-state index contributed by atoms with van der Waals surface area (Å²) in [5.74, 6) is -0.115. The Bertz CT molecular complexity index is 1190. The fraction of sp³-hybridized carbons (Fsp3) is 0.364. The van der Waals surface area contributed by atoms with Crippen LogP contribution >= 0.6 is 23.7 Å². The number of amides is 1. The number of halogens is 1. The van der Waals surface area contributed by atoms with Crippen molar-refractivity contribution in [1.82, 2.24) is 9.88 Å². The molecule has 4 rings (SSSR count). The summed E-state index contributed by atoms with van der Waals surface area (Å²) in [6, 6.07) is 12.4. The molecule has 10 heteroatoms. The van der Waals surface area contributed by atoms with Crippen molar-refractivity contribution in [1.29, 1.82) is 0 Å². The number of hydrogen-bond donors (Lipinski definition) is 0. The van der Waals surface area contributed by atoms with E-state index in [2.05, 4.69) is 9.88 Å². The fourth-order valence-corrected chi connectivity index (χ4v) is 5.19. The van der Waals surface area contributed by atoms with Gasteiger partial charge in [0.05, 0.1) is 28.3 Å². The van der Waals surface area contributed by atoms with E-state index >= 15 is 0 Å². The van der Waals surface area contributed by atoms with E-state index in [0.717, 1.165) is 23.4 Å². The molecule has 1 aliphatic rings. The molecule has 1 aromatic heterocycles. The van der Waals surface area contributed by atoms with Gasteiger partial charge in [-0.2, -0.15) is 0 Å². The molecule has 1 amide bonds. The van der Waals surface area contributed by atoms with Crippen LogP contribution in [-0.2, 0) is 14.6 Å². The number of ether oxygens (including phenoxy) is 1. The fourth-order valence-electron chi connectivity index (χ4n) is 3.44. The normalized spacial score (nSPS) is 14.8. The molecule has 0 spiro atoms. The zero-order valence-corrected chi connectivity index (χ0v) is 20.4. The smallest absolute Gasteiger partial charge is 0.260 e. The van der Waals surface area contributed by atoms with Crippen molar-refractivity contribution in [2.75, 3.05) is 50.5 Å². The van der Waals surface area contributed by atoms with E-state index in [1.54, 1.807) is 23.1 Å². The third-order valence-electron chi connectivity index (χ3n) is 5.29. The van der Waals surface area contributed by atoms with Gasteiger partial charge in [0.2, 0.25) is 0 Å². The summed E-state index contributed by atoms with van der Waals surface area (Å²) in [4.78, 5) is 22.3. The Morgan fingerprint density at radius 3 is 2.50 bits per heavy atom. The second-order valence-corrected chi connectivity index (χ2v) is 10.7.